The van der Waals surface area contributed by atoms with E-state index in [2.05, 4.69) is 5.92 Å². The van der Waals surface area contributed by atoms with E-state index in [0.29, 0.717) is 23.7 Å². The van der Waals surface area contributed by atoms with Crippen molar-refractivity contribution in [2.45, 2.75) is 19.4 Å². The van der Waals surface area contributed by atoms with Gasteiger partial charge < -0.3 is 10.0 Å². The Morgan fingerprint density at radius 3 is 2.79 bits per heavy atom. The summed E-state index contributed by atoms with van der Waals surface area (Å²) < 4.78 is 0. The Hall–Kier alpha value is -2.06. The van der Waals surface area contributed by atoms with E-state index in [1.807, 2.05) is 4.90 Å². The van der Waals surface area contributed by atoms with Crippen LogP contribution in [0.1, 0.15) is 18.4 Å². The van der Waals surface area contributed by atoms with E-state index in [1.165, 1.54) is 6.07 Å². The first-order chi connectivity index (χ1) is 9.15. The van der Waals surface area contributed by atoms with Crippen LogP contribution < -0.4 is 4.90 Å². The summed E-state index contributed by atoms with van der Waals surface area (Å²) in [6, 6.07) is 4.77. The second-order valence-electron chi connectivity index (χ2n) is 4.77. The molecule has 19 heavy (non-hydrogen) atoms. The lowest BCUT2D eigenvalue weighted by molar-refractivity contribution is -0.384. The van der Waals surface area contributed by atoms with Gasteiger partial charge in [-0.05, 0) is 30.4 Å². The number of nitro benzene ring substituents is 1. The lowest BCUT2D eigenvalue weighted by atomic mass is 10.1. The predicted molar refractivity (Wildman–Crippen MR) is 72.8 cm³/mol. The second-order valence-corrected chi connectivity index (χ2v) is 4.77. The van der Waals surface area contributed by atoms with Crippen LogP contribution in [-0.4, -0.2) is 23.1 Å². The topological polar surface area (TPSA) is 66.6 Å². The van der Waals surface area contributed by atoms with Crippen molar-refractivity contribution in [2.75, 3.05) is 18.0 Å². The van der Waals surface area contributed by atoms with Crippen molar-refractivity contribution >= 4 is 11.4 Å². The van der Waals surface area contributed by atoms with Gasteiger partial charge in [-0.3, -0.25) is 10.1 Å². The smallest absolute Gasteiger partial charge is 0.292 e. The number of rotatable bonds is 6. The van der Waals surface area contributed by atoms with E-state index in [0.717, 1.165) is 19.4 Å². The number of nitrogens with zero attached hydrogens (tertiary/aromatic N) is 2. The summed E-state index contributed by atoms with van der Waals surface area (Å²) in [5.74, 6) is 3.14. The summed E-state index contributed by atoms with van der Waals surface area (Å²) in [6.07, 6.45) is 7.66. The fourth-order valence-corrected chi connectivity index (χ4v) is 2.05. The number of nitro groups is 1. The first-order valence-corrected chi connectivity index (χ1v) is 6.22. The van der Waals surface area contributed by atoms with Crippen LogP contribution >= 0.6 is 0 Å². The minimum Gasteiger partial charge on any atom is -0.392 e. The second kappa shape index (κ2) is 5.72. The van der Waals surface area contributed by atoms with Crippen LogP contribution in [0.25, 0.3) is 0 Å². The maximum absolute atomic E-state index is 11.1. The molecule has 0 atom stereocenters. The molecule has 0 saturated heterocycles. The van der Waals surface area contributed by atoms with Crippen molar-refractivity contribution in [3.63, 3.8) is 0 Å². The van der Waals surface area contributed by atoms with Gasteiger partial charge in [-0.1, -0.05) is 12.0 Å². The average Bonchev–Trinajstić information content (AvgIpc) is 3.21. The van der Waals surface area contributed by atoms with E-state index in [1.54, 1.807) is 12.1 Å². The van der Waals surface area contributed by atoms with E-state index >= 15 is 0 Å². The molecule has 1 fully saturated rings. The Balaban J connectivity index is 2.33. The standard InChI is InChI=1S/C14H16N2O3/c1-2-7-15(9-11-3-4-11)13-6-5-12(10-17)8-14(13)16(18)19/h1,5-6,8,11,17H,3-4,7,9-10H2. The molecule has 1 N–H and O–H groups in total. The zero-order valence-electron chi connectivity index (χ0n) is 10.6. The number of aliphatic hydroxyl groups excluding tert-OH is 1. The maximum atomic E-state index is 11.1. The molecule has 1 aliphatic carbocycles. The third-order valence-electron chi connectivity index (χ3n) is 3.22. The zero-order valence-corrected chi connectivity index (χ0v) is 10.6. The molecule has 0 unspecified atom stereocenters. The summed E-state index contributed by atoms with van der Waals surface area (Å²) in [7, 11) is 0. The Labute approximate surface area is 112 Å². The molecule has 1 aliphatic rings. The minimum absolute atomic E-state index is 0.00227. The molecule has 0 aromatic heterocycles. The lowest BCUT2D eigenvalue weighted by Crippen LogP contribution is -2.26. The van der Waals surface area contributed by atoms with E-state index < -0.39 is 4.92 Å². The molecule has 1 saturated carbocycles. The molecule has 2 rings (SSSR count). The monoisotopic (exact) mass is 260 g/mol. The molecular weight excluding hydrogens is 244 g/mol. The van der Waals surface area contributed by atoms with Crippen LogP contribution in [0.15, 0.2) is 18.2 Å². The van der Waals surface area contributed by atoms with Gasteiger partial charge in [-0.15, -0.1) is 6.42 Å². The summed E-state index contributed by atoms with van der Waals surface area (Å²) >= 11 is 0. The number of benzene rings is 1. The minimum atomic E-state index is -0.426. The van der Waals surface area contributed by atoms with Gasteiger partial charge >= 0.3 is 0 Å². The molecule has 0 spiro atoms. The van der Waals surface area contributed by atoms with Crippen molar-refractivity contribution in [1.82, 2.24) is 0 Å². The number of anilines is 1. The molecular formula is C14H16N2O3. The van der Waals surface area contributed by atoms with E-state index in [9.17, 15) is 10.1 Å². The van der Waals surface area contributed by atoms with Crippen LogP contribution in [0.4, 0.5) is 11.4 Å². The molecule has 0 amide bonds. The third-order valence-corrected chi connectivity index (χ3v) is 3.22. The van der Waals surface area contributed by atoms with Gasteiger partial charge in [-0.2, -0.15) is 0 Å². The van der Waals surface area contributed by atoms with Crippen LogP contribution in [-0.2, 0) is 6.61 Å². The number of hydrogen-bond acceptors (Lipinski definition) is 4. The highest BCUT2D eigenvalue weighted by molar-refractivity contribution is 5.65. The summed E-state index contributed by atoms with van der Waals surface area (Å²) in [4.78, 5) is 12.6. The van der Waals surface area contributed by atoms with Crippen molar-refractivity contribution in [3.8, 4) is 12.3 Å². The fourth-order valence-electron chi connectivity index (χ4n) is 2.05. The number of terminal acetylenes is 1. The molecule has 1 aromatic carbocycles. The van der Waals surface area contributed by atoms with Gasteiger partial charge in [0.15, 0.2) is 0 Å². The maximum Gasteiger partial charge on any atom is 0.292 e. The van der Waals surface area contributed by atoms with Crippen molar-refractivity contribution in [1.29, 1.82) is 0 Å². The SMILES string of the molecule is C#CCN(CC1CC1)c1ccc(CO)cc1[N+](=O)[O-]. The van der Waals surface area contributed by atoms with Crippen LogP contribution in [0.5, 0.6) is 0 Å². The van der Waals surface area contributed by atoms with Crippen molar-refractivity contribution in [2.24, 2.45) is 5.92 Å². The van der Waals surface area contributed by atoms with E-state index in [-0.39, 0.29) is 12.3 Å². The molecule has 100 valence electrons. The Kier molecular flexibility index (Phi) is 4.03. The van der Waals surface area contributed by atoms with Crippen LogP contribution in [0.3, 0.4) is 0 Å². The average molecular weight is 260 g/mol. The molecule has 5 nitrogen and oxygen atoms in total. The van der Waals surface area contributed by atoms with Gasteiger partial charge in [0.05, 0.1) is 18.1 Å². The zero-order chi connectivity index (χ0) is 13.8. The van der Waals surface area contributed by atoms with Crippen LogP contribution in [0.2, 0.25) is 0 Å². The highest BCUT2D eigenvalue weighted by Crippen LogP contribution is 2.35. The Morgan fingerprint density at radius 1 is 1.53 bits per heavy atom. The number of hydrogen-bond donors (Lipinski definition) is 1. The molecule has 0 heterocycles. The summed E-state index contributed by atoms with van der Waals surface area (Å²) in [5.41, 5.74) is 1.07. The molecule has 0 aliphatic heterocycles. The molecule has 5 heteroatoms. The first kappa shape index (κ1) is 13.4. The van der Waals surface area contributed by atoms with Crippen molar-refractivity contribution in [3.05, 3.63) is 33.9 Å². The number of aliphatic hydroxyl groups is 1. The van der Waals surface area contributed by atoms with Gasteiger partial charge in [0.25, 0.3) is 5.69 Å². The summed E-state index contributed by atoms with van der Waals surface area (Å²) in [5, 5.41) is 20.2. The van der Waals surface area contributed by atoms with Crippen LogP contribution in [0, 0.1) is 28.4 Å². The quantitative estimate of drug-likeness (QED) is 0.482. The van der Waals surface area contributed by atoms with Crippen molar-refractivity contribution < 1.29 is 10.0 Å². The molecule has 0 bridgehead atoms. The normalized spacial score (nSPS) is 13.9. The lowest BCUT2D eigenvalue weighted by Gasteiger charge is -2.22. The third kappa shape index (κ3) is 3.24. The van der Waals surface area contributed by atoms with Gasteiger partial charge in [0, 0.05) is 12.6 Å². The van der Waals surface area contributed by atoms with Gasteiger partial charge in [0.1, 0.15) is 5.69 Å². The molecule has 0 radical (unpaired) electrons. The van der Waals surface area contributed by atoms with Gasteiger partial charge in [0.2, 0.25) is 0 Å². The fraction of sp³-hybridized carbons (Fsp3) is 0.429. The highest BCUT2D eigenvalue weighted by Gasteiger charge is 2.27. The van der Waals surface area contributed by atoms with Gasteiger partial charge in [-0.25, -0.2) is 0 Å². The highest BCUT2D eigenvalue weighted by atomic mass is 16.6. The van der Waals surface area contributed by atoms with E-state index in [4.69, 9.17) is 11.5 Å². The Morgan fingerprint density at radius 2 is 2.26 bits per heavy atom. The first-order valence-electron chi connectivity index (χ1n) is 6.22. The predicted octanol–water partition coefficient (Wildman–Crippen LogP) is 1.94. The largest absolute Gasteiger partial charge is 0.392 e. The molecule has 1 aromatic rings. The Bertz CT molecular complexity index is 518. The summed E-state index contributed by atoms with van der Waals surface area (Å²) in [6.45, 7) is 0.901.